The van der Waals surface area contributed by atoms with E-state index in [1.54, 1.807) is 0 Å². The van der Waals surface area contributed by atoms with Gasteiger partial charge >= 0.3 is 0 Å². The van der Waals surface area contributed by atoms with E-state index in [2.05, 4.69) is 44.8 Å². The van der Waals surface area contributed by atoms with Crippen LogP contribution in [0.2, 0.25) is 5.02 Å². The maximum Gasteiger partial charge on any atom is 0.128 e. The fourth-order valence-electron chi connectivity index (χ4n) is 2.14. The monoisotopic (exact) mass is 311 g/mol. The number of halogens is 1. The van der Waals surface area contributed by atoms with Crippen LogP contribution in [-0.2, 0) is 6.54 Å². The summed E-state index contributed by atoms with van der Waals surface area (Å²) in [6.45, 7) is 14.8. The molecule has 1 unspecified atom stereocenters. The third kappa shape index (κ3) is 6.23. The Morgan fingerprint density at radius 1 is 1.24 bits per heavy atom. The average Bonchev–Trinajstić information content (AvgIpc) is 2.46. The van der Waals surface area contributed by atoms with Gasteiger partial charge in [-0.2, -0.15) is 0 Å². The Labute approximate surface area is 135 Å². The number of rotatable bonds is 9. The molecule has 0 aromatic carbocycles. The predicted molar refractivity (Wildman–Crippen MR) is 93.1 cm³/mol. The zero-order valence-corrected chi connectivity index (χ0v) is 14.9. The van der Waals surface area contributed by atoms with Crippen molar-refractivity contribution in [2.45, 2.75) is 47.6 Å². The van der Waals surface area contributed by atoms with Gasteiger partial charge in [0.05, 0.1) is 10.7 Å². The Kier molecular flexibility index (Phi) is 8.05. The summed E-state index contributed by atoms with van der Waals surface area (Å²) in [7, 11) is 0. The zero-order chi connectivity index (χ0) is 15.8. The molecule has 0 fully saturated rings. The first-order valence-corrected chi connectivity index (χ1v) is 8.46. The average molecular weight is 312 g/mol. The van der Waals surface area contributed by atoms with Crippen LogP contribution in [0.4, 0.5) is 5.82 Å². The Morgan fingerprint density at radius 3 is 2.52 bits per heavy atom. The van der Waals surface area contributed by atoms with E-state index in [9.17, 15) is 0 Å². The van der Waals surface area contributed by atoms with Gasteiger partial charge in [-0.05, 0) is 37.4 Å². The van der Waals surface area contributed by atoms with Crippen molar-refractivity contribution in [1.29, 1.82) is 0 Å². The summed E-state index contributed by atoms with van der Waals surface area (Å²) < 4.78 is 0. The molecule has 0 amide bonds. The van der Waals surface area contributed by atoms with Gasteiger partial charge in [0.1, 0.15) is 5.82 Å². The largest absolute Gasteiger partial charge is 0.357 e. The van der Waals surface area contributed by atoms with Crippen molar-refractivity contribution in [3.05, 3.63) is 22.8 Å². The summed E-state index contributed by atoms with van der Waals surface area (Å²) in [5.74, 6) is 2.33. The number of anilines is 1. The summed E-state index contributed by atoms with van der Waals surface area (Å²) in [4.78, 5) is 7.09. The van der Waals surface area contributed by atoms with Gasteiger partial charge < -0.3 is 10.2 Å². The molecule has 0 spiro atoms. The van der Waals surface area contributed by atoms with Crippen molar-refractivity contribution in [2.75, 3.05) is 24.5 Å². The van der Waals surface area contributed by atoms with Gasteiger partial charge in [0.2, 0.25) is 0 Å². The summed E-state index contributed by atoms with van der Waals surface area (Å²) >= 11 is 6.27. The van der Waals surface area contributed by atoms with E-state index < -0.39 is 0 Å². The van der Waals surface area contributed by atoms with Gasteiger partial charge in [0.25, 0.3) is 0 Å². The topological polar surface area (TPSA) is 28.2 Å². The Morgan fingerprint density at radius 2 is 1.95 bits per heavy atom. The molecule has 3 nitrogen and oxygen atoms in total. The molecule has 1 N–H and O–H groups in total. The van der Waals surface area contributed by atoms with Crippen LogP contribution in [0.3, 0.4) is 0 Å². The number of nitrogens with zero attached hydrogens (tertiary/aromatic N) is 2. The lowest BCUT2D eigenvalue weighted by atomic mass is 10.1. The van der Waals surface area contributed by atoms with E-state index >= 15 is 0 Å². The lowest BCUT2D eigenvalue weighted by Crippen LogP contribution is -2.29. The highest BCUT2D eigenvalue weighted by molar-refractivity contribution is 6.31. The van der Waals surface area contributed by atoms with Crippen LogP contribution in [0.15, 0.2) is 12.1 Å². The number of pyridine rings is 1. The number of hydrogen-bond acceptors (Lipinski definition) is 3. The lowest BCUT2D eigenvalue weighted by molar-refractivity contribution is 0.540. The van der Waals surface area contributed by atoms with Gasteiger partial charge in [-0.15, -0.1) is 0 Å². The minimum absolute atomic E-state index is 0.629. The molecule has 4 heteroatoms. The Hall–Kier alpha value is -0.800. The summed E-state index contributed by atoms with van der Waals surface area (Å²) in [6.07, 6.45) is 1.19. The van der Waals surface area contributed by atoms with E-state index in [-0.39, 0.29) is 0 Å². The zero-order valence-electron chi connectivity index (χ0n) is 14.1. The molecule has 1 heterocycles. The molecule has 1 rings (SSSR count). The highest BCUT2D eigenvalue weighted by Crippen LogP contribution is 2.20. The standard InChI is InChI=1S/C17H30ClN3/c1-6-14(5)12-21(7-2)17-9-8-15(18)16(20-17)11-19-10-13(3)4/h8-9,13-14,19H,6-7,10-12H2,1-5H3. The first kappa shape index (κ1) is 18.2. The second kappa shape index (κ2) is 9.26. The molecule has 21 heavy (non-hydrogen) atoms. The molecule has 0 saturated carbocycles. The first-order chi connectivity index (χ1) is 9.97. The van der Waals surface area contributed by atoms with Crippen molar-refractivity contribution in [3.63, 3.8) is 0 Å². The maximum absolute atomic E-state index is 6.27. The molecule has 0 radical (unpaired) electrons. The molecule has 0 aliphatic heterocycles. The fourth-order valence-corrected chi connectivity index (χ4v) is 2.31. The SMILES string of the molecule is CCC(C)CN(CC)c1ccc(Cl)c(CNCC(C)C)n1. The normalized spacial score (nSPS) is 12.7. The molecule has 1 aromatic heterocycles. The highest BCUT2D eigenvalue weighted by Gasteiger charge is 2.12. The minimum Gasteiger partial charge on any atom is -0.357 e. The van der Waals surface area contributed by atoms with Crippen LogP contribution in [0, 0.1) is 11.8 Å². The van der Waals surface area contributed by atoms with Crippen molar-refractivity contribution < 1.29 is 0 Å². The lowest BCUT2D eigenvalue weighted by Gasteiger charge is -2.25. The third-order valence-corrected chi connectivity index (χ3v) is 4.03. The van der Waals surface area contributed by atoms with Crippen LogP contribution >= 0.6 is 11.6 Å². The van der Waals surface area contributed by atoms with Crippen LogP contribution < -0.4 is 10.2 Å². The summed E-state index contributed by atoms with van der Waals surface area (Å²) in [5, 5.41) is 4.16. The predicted octanol–water partition coefficient (Wildman–Crippen LogP) is 4.35. The molecular formula is C17H30ClN3. The quantitative estimate of drug-likeness (QED) is 0.734. The third-order valence-electron chi connectivity index (χ3n) is 3.68. The molecule has 0 aliphatic carbocycles. The fraction of sp³-hybridized carbons (Fsp3) is 0.706. The molecule has 0 bridgehead atoms. The minimum atomic E-state index is 0.629. The van der Waals surface area contributed by atoms with Crippen molar-refractivity contribution in [3.8, 4) is 0 Å². The van der Waals surface area contributed by atoms with E-state index in [0.717, 1.165) is 42.7 Å². The number of aromatic nitrogens is 1. The Bertz CT molecular complexity index is 420. The summed E-state index contributed by atoms with van der Waals surface area (Å²) in [6, 6.07) is 4.00. The molecule has 1 aromatic rings. The van der Waals surface area contributed by atoms with Gasteiger partial charge in [-0.25, -0.2) is 4.98 Å². The van der Waals surface area contributed by atoms with E-state index in [1.807, 2.05) is 12.1 Å². The van der Waals surface area contributed by atoms with E-state index in [0.29, 0.717) is 11.8 Å². The number of nitrogens with one attached hydrogen (secondary N) is 1. The molecule has 1 atom stereocenters. The second-order valence-electron chi connectivity index (χ2n) is 6.17. The summed E-state index contributed by atoms with van der Waals surface area (Å²) in [5.41, 5.74) is 0.942. The second-order valence-corrected chi connectivity index (χ2v) is 6.58. The maximum atomic E-state index is 6.27. The van der Waals surface area contributed by atoms with E-state index in [4.69, 9.17) is 16.6 Å². The van der Waals surface area contributed by atoms with Gasteiger partial charge in [-0.3, -0.25) is 0 Å². The van der Waals surface area contributed by atoms with Crippen LogP contribution in [0.1, 0.15) is 46.7 Å². The van der Waals surface area contributed by atoms with Crippen molar-refractivity contribution >= 4 is 17.4 Å². The van der Waals surface area contributed by atoms with Crippen molar-refractivity contribution in [1.82, 2.24) is 10.3 Å². The van der Waals surface area contributed by atoms with Gasteiger partial charge in [-0.1, -0.05) is 45.7 Å². The van der Waals surface area contributed by atoms with Crippen molar-refractivity contribution in [2.24, 2.45) is 11.8 Å². The number of hydrogen-bond donors (Lipinski definition) is 1. The van der Waals surface area contributed by atoms with Crippen LogP contribution in [-0.4, -0.2) is 24.6 Å². The molecule has 120 valence electrons. The molecular weight excluding hydrogens is 282 g/mol. The van der Waals surface area contributed by atoms with E-state index in [1.165, 1.54) is 6.42 Å². The smallest absolute Gasteiger partial charge is 0.128 e. The first-order valence-electron chi connectivity index (χ1n) is 8.08. The van der Waals surface area contributed by atoms with Gasteiger partial charge in [0, 0.05) is 19.6 Å². The van der Waals surface area contributed by atoms with Gasteiger partial charge in [0.15, 0.2) is 0 Å². The molecule has 0 aliphatic rings. The Balaban J connectivity index is 2.78. The molecule has 0 saturated heterocycles. The van der Waals surface area contributed by atoms with Crippen LogP contribution in [0.5, 0.6) is 0 Å². The van der Waals surface area contributed by atoms with Crippen LogP contribution in [0.25, 0.3) is 0 Å². The highest BCUT2D eigenvalue weighted by atomic mass is 35.5.